The molecule has 3 heterocycles. The minimum absolute atomic E-state index is 0.864. The summed E-state index contributed by atoms with van der Waals surface area (Å²) in [6, 6.07) is 13.8. The highest BCUT2D eigenvalue weighted by atomic mass is 14.8. The Balaban J connectivity index is 2.21. The zero-order valence-electron chi connectivity index (χ0n) is 10.6. The van der Waals surface area contributed by atoms with Gasteiger partial charge in [-0.3, -0.25) is 15.0 Å². The molecule has 0 aromatic carbocycles. The number of aryl methyl sites for hydroxylation is 1. The molecular weight excluding hydrogens is 234 g/mol. The van der Waals surface area contributed by atoms with Gasteiger partial charge in [0.25, 0.3) is 0 Å². The van der Waals surface area contributed by atoms with E-state index >= 15 is 0 Å². The first-order valence-corrected chi connectivity index (χ1v) is 6.14. The van der Waals surface area contributed by atoms with Gasteiger partial charge in [0, 0.05) is 24.2 Å². The topological polar surface area (TPSA) is 38.7 Å². The molecule has 92 valence electrons. The fourth-order valence-corrected chi connectivity index (χ4v) is 2.07. The zero-order valence-corrected chi connectivity index (χ0v) is 10.6. The van der Waals surface area contributed by atoms with E-state index < -0.39 is 0 Å². The van der Waals surface area contributed by atoms with Gasteiger partial charge in [0.05, 0.1) is 17.1 Å². The summed E-state index contributed by atoms with van der Waals surface area (Å²) in [5.74, 6) is 0. The maximum absolute atomic E-state index is 4.47. The summed E-state index contributed by atoms with van der Waals surface area (Å²) in [6.45, 7) is 2.05. The first-order valence-electron chi connectivity index (χ1n) is 6.14. The van der Waals surface area contributed by atoms with Gasteiger partial charge in [0.15, 0.2) is 0 Å². The summed E-state index contributed by atoms with van der Waals surface area (Å²) >= 11 is 0. The van der Waals surface area contributed by atoms with Crippen molar-refractivity contribution in [1.29, 1.82) is 0 Å². The van der Waals surface area contributed by atoms with Gasteiger partial charge in [-0.15, -0.1) is 0 Å². The number of hydrogen-bond donors (Lipinski definition) is 0. The minimum Gasteiger partial charge on any atom is -0.256 e. The Hall–Kier alpha value is -2.55. The van der Waals surface area contributed by atoms with Gasteiger partial charge < -0.3 is 0 Å². The molecule has 0 unspecified atom stereocenters. The van der Waals surface area contributed by atoms with Crippen LogP contribution in [0.3, 0.4) is 0 Å². The molecule has 3 heteroatoms. The standard InChI is InChI=1S/C16H13N3/c1-12-6-4-10-18-15(12)13-7-5-11-19-16(13)14-8-2-3-9-17-14/h2-11H,1H3. The lowest BCUT2D eigenvalue weighted by Gasteiger charge is -2.09. The third-order valence-electron chi connectivity index (χ3n) is 2.98. The molecule has 0 aliphatic rings. The van der Waals surface area contributed by atoms with E-state index in [4.69, 9.17) is 0 Å². The normalized spacial score (nSPS) is 10.4. The Bertz CT molecular complexity index is 693. The Morgan fingerprint density at radius 3 is 2.16 bits per heavy atom. The lowest BCUT2D eigenvalue weighted by molar-refractivity contribution is 1.22. The van der Waals surface area contributed by atoms with Gasteiger partial charge in [-0.05, 0) is 42.8 Å². The lowest BCUT2D eigenvalue weighted by Crippen LogP contribution is -1.94. The van der Waals surface area contributed by atoms with Crippen LogP contribution in [0.25, 0.3) is 22.6 Å². The average molecular weight is 247 g/mol. The van der Waals surface area contributed by atoms with Crippen molar-refractivity contribution in [2.75, 3.05) is 0 Å². The number of hydrogen-bond acceptors (Lipinski definition) is 3. The van der Waals surface area contributed by atoms with E-state index in [0.29, 0.717) is 0 Å². The van der Waals surface area contributed by atoms with Crippen LogP contribution in [0.15, 0.2) is 61.1 Å². The molecule has 0 saturated heterocycles. The Morgan fingerprint density at radius 2 is 1.42 bits per heavy atom. The summed E-state index contributed by atoms with van der Waals surface area (Å²) in [4.78, 5) is 13.3. The van der Waals surface area contributed by atoms with Gasteiger partial charge in [-0.2, -0.15) is 0 Å². The molecule has 0 spiro atoms. The molecule has 0 radical (unpaired) electrons. The molecule has 3 nitrogen and oxygen atoms in total. The number of aromatic nitrogens is 3. The van der Waals surface area contributed by atoms with Crippen molar-refractivity contribution in [2.45, 2.75) is 6.92 Å². The molecule has 0 atom stereocenters. The minimum atomic E-state index is 0.864. The van der Waals surface area contributed by atoms with Gasteiger partial charge in [-0.1, -0.05) is 12.1 Å². The predicted molar refractivity (Wildman–Crippen MR) is 75.4 cm³/mol. The van der Waals surface area contributed by atoms with Crippen molar-refractivity contribution >= 4 is 0 Å². The van der Waals surface area contributed by atoms with Crippen molar-refractivity contribution in [3.63, 3.8) is 0 Å². The smallest absolute Gasteiger partial charge is 0.0980 e. The van der Waals surface area contributed by atoms with Crippen LogP contribution in [-0.4, -0.2) is 15.0 Å². The van der Waals surface area contributed by atoms with E-state index in [-0.39, 0.29) is 0 Å². The van der Waals surface area contributed by atoms with Crippen molar-refractivity contribution < 1.29 is 0 Å². The van der Waals surface area contributed by atoms with Crippen molar-refractivity contribution in [1.82, 2.24) is 15.0 Å². The predicted octanol–water partition coefficient (Wildman–Crippen LogP) is 3.51. The second-order valence-corrected chi connectivity index (χ2v) is 4.28. The highest BCUT2D eigenvalue weighted by molar-refractivity contribution is 5.78. The number of rotatable bonds is 2. The van der Waals surface area contributed by atoms with Crippen LogP contribution < -0.4 is 0 Å². The molecule has 0 aliphatic carbocycles. The van der Waals surface area contributed by atoms with E-state index in [9.17, 15) is 0 Å². The summed E-state index contributed by atoms with van der Waals surface area (Å²) in [7, 11) is 0. The van der Waals surface area contributed by atoms with Crippen molar-refractivity contribution in [3.8, 4) is 22.6 Å². The van der Waals surface area contributed by atoms with Crippen LogP contribution in [0.2, 0.25) is 0 Å². The van der Waals surface area contributed by atoms with Crippen LogP contribution in [0.5, 0.6) is 0 Å². The van der Waals surface area contributed by atoms with E-state index in [0.717, 1.165) is 28.2 Å². The molecule has 0 fully saturated rings. The molecule has 19 heavy (non-hydrogen) atoms. The first kappa shape index (κ1) is 11.5. The summed E-state index contributed by atoms with van der Waals surface area (Å²) < 4.78 is 0. The van der Waals surface area contributed by atoms with Crippen LogP contribution in [0.4, 0.5) is 0 Å². The second-order valence-electron chi connectivity index (χ2n) is 4.28. The largest absolute Gasteiger partial charge is 0.256 e. The molecule has 3 rings (SSSR count). The van der Waals surface area contributed by atoms with E-state index in [2.05, 4.69) is 27.9 Å². The SMILES string of the molecule is Cc1cccnc1-c1cccnc1-c1ccccn1. The van der Waals surface area contributed by atoms with Crippen molar-refractivity contribution in [2.24, 2.45) is 0 Å². The van der Waals surface area contributed by atoms with Crippen molar-refractivity contribution in [3.05, 3.63) is 66.6 Å². The zero-order chi connectivity index (χ0) is 13.1. The molecule has 0 saturated carbocycles. The van der Waals surface area contributed by atoms with E-state index in [1.165, 1.54) is 0 Å². The third kappa shape index (κ3) is 2.22. The molecule has 0 N–H and O–H groups in total. The Kier molecular flexibility index (Phi) is 3.02. The third-order valence-corrected chi connectivity index (χ3v) is 2.98. The summed E-state index contributed by atoms with van der Waals surface area (Å²) in [5, 5.41) is 0. The molecule has 3 aromatic heterocycles. The summed E-state index contributed by atoms with van der Waals surface area (Å²) in [5.41, 5.74) is 4.83. The maximum Gasteiger partial charge on any atom is 0.0980 e. The first-order chi connectivity index (χ1) is 9.36. The van der Waals surface area contributed by atoms with Gasteiger partial charge in [-0.25, -0.2) is 0 Å². The van der Waals surface area contributed by atoms with Crippen LogP contribution in [0, 0.1) is 6.92 Å². The lowest BCUT2D eigenvalue weighted by atomic mass is 10.0. The second kappa shape index (κ2) is 4.98. The molecule has 0 amide bonds. The molecule has 3 aromatic rings. The fourth-order valence-electron chi connectivity index (χ4n) is 2.07. The molecular formula is C16H13N3. The molecule has 0 bridgehead atoms. The van der Waals surface area contributed by atoms with Crippen LogP contribution in [-0.2, 0) is 0 Å². The highest BCUT2D eigenvalue weighted by Crippen LogP contribution is 2.29. The Morgan fingerprint density at radius 1 is 0.684 bits per heavy atom. The highest BCUT2D eigenvalue weighted by Gasteiger charge is 2.11. The van der Waals surface area contributed by atoms with Gasteiger partial charge >= 0.3 is 0 Å². The monoisotopic (exact) mass is 247 g/mol. The van der Waals surface area contributed by atoms with E-state index in [1.54, 1.807) is 18.6 Å². The average Bonchev–Trinajstić information content (AvgIpc) is 2.49. The molecule has 0 aliphatic heterocycles. The maximum atomic E-state index is 4.47. The number of pyridine rings is 3. The van der Waals surface area contributed by atoms with Gasteiger partial charge in [0.2, 0.25) is 0 Å². The van der Waals surface area contributed by atoms with Gasteiger partial charge in [0.1, 0.15) is 0 Å². The van der Waals surface area contributed by atoms with E-state index in [1.807, 2.05) is 36.4 Å². The Labute approximate surface area is 112 Å². The quantitative estimate of drug-likeness (QED) is 0.695. The summed E-state index contributed by atoms with van der Waals surface area (Å²) in [6.07, 6.45) is 5.36. The fraction of sp³-hybridized carbons (Fsp3) is 0.0625. The van der Waals surface area contributed by atoms with Crippen LogP contribution >= 0.6 is 0 Å². The number of nitrogens with zero attached hydrogens (tertiary/aromatic N) is 3. The van der Waals surface area contributed by atoms with Crippen LogP contribution in [0.1, 0.15) is 5.56 Å².